The minimum atomic E-state index is 1.12. The average molecular weight is 765 g/mol. The average Bonchev–Trinajstić information content (AvgIpc) is 3.66. The van der Waals surface area contributed by atoms with Gasteiger partial charge >= 0.3 is 0 Å². The van der Waals surface area contributed by atoms with Gasteiger partial charge in [-0.05, 0) is 128 Å². The van der Waals surface area contributed by atoms with E-state index in [-0.39, 0.29) is 0 Å². The lowest BCUT2D eigenvalue weighted by Gasteiger charge is -2.25. The molecule has 2 heteroatoms. The van der Waals surface area contributed by atoms with Crippen LogP contribution in [0, 0.1) is 0 Å². The Morgan fingerprint density at radius 2 is 0.767 bits per heavy atom. The van der Waals surface area contributed by atoms with Gasteiger partial charge in [-0.3, -0.25) is 0 Å². The molecule has 0 atom stereocenters. The Morgan fingerprint density at radius 1 is 0.267 bits per heavy atom. The molecule has 0 aliphatic carbocycles. The fourth-order valence-corrected chi connectivity index (χ4v) is 8.88. The van der Waals surface area contributed by atoms with Gasteiger partial charge in [-0.2, -0.15) is 0 Å². The van der Waals surface area contributed by atoms with Crippen LogP contribution in [0.4, 0.5) is 17.1 Å². The van der Waals surface area contributed by atoms with E-state index in [2.05, 4.69) is 252 Å². The summed E-state index contributed by atoms with van der Waals surface area (Å²) < 4.78 is 2.44. The molecule has 0 aliphatic rings. The van der Waals surface area contributed by atoms with E-state index in [0.717, 1.165) is 22.7 Å². The summed E-state index contributed by atoms with van der Waals surface area (Å²) in [6.45, 7) is 0. The summed E-state index contributed by atoms with van der Waals surface area (Å²) >= 11 is 0. The van der Waals surface area contributed by atoms with Gasteiger partial charge in [-0.1, -0.05) is 170 Å². The fourth-order valence-electron chi connectivity index (χ4n) is 8.88. The van der Waals surface area contributed by atoms with Crippen molar-refractivity contribution in [2.75, 3.05) is 4.90 Å². The molecule has 0 bridgehead atoms. The van der Waals surface area contributed by atoms with Gasteiger partial charge in [0.05, 0.1) is 11.0 Å². The molecule has 10 aromatic carbocycles. The third-order valence-electron chi connectivity index (χ3n) is 11.7. The maximum atomic E-state index is 2.44. The second-order valence-corrected chi connectivity index (χ2v) is 15.4. The van der Waals surface area contributed by atoms with E-state index in [4.69, 9.17) is 0 Å². The molecule has 1 heterocycles. The smallest absolute Gasteiger partial charge is 0.0541 e. The van der Waals surface area contributed by atoms with Crippen molar-refractivity contribution in [3.63, 3.8) is 0 Å². The molecular formula is C58H40N2. The monoisotopic (exact) mass is 764 g/mol. The van der Waals surface area contributed by atoms with Gasteiger partial charge in [0, 0.05) is 33.5 Å². The SMILES string of the molecule is c1ccc(-c2cc(-c3cccc4ccccc34)cc(-n3c4ccccc4c4cc(-c5ccc(-c6cccc(N(c7ccccc7)c7ccccc7)c6)cc5)ccc43)c2)cc1. The zero-order valence-electron chi connectivity index (χ0n) is 33.0. The zero-order chi connectivity index (χ0) is 39.8. The van der Waals surface area contributed by atoms with Crippen LogP contribution in [0.3, 0.4) is 0 Å². The van der Waals surface area contributed by atoms with Crippen molar-refractivity contribution < 1.29 is 0 Å². The number of hydrogen-bond acceptors (Lipinski definition) is 1. The molecule has 0 unspecified atom stereocenters. The van der Waals surface area contributed by atoms with E-state index in [0.29, 0.717) is 0 Å². The van der Waals surface area contributed by atoms with Gasteiger partial charge in [0.25, 0.3) is 0 Å². The summed E-state index contributed by atoms with van der Waals surface area (Å²) in [4.78, 5) is 2.31. The first-order valence-electron chi connectivity index (χ1n) is 20.6. The maximum absolute atomic E-state index is 2.44. The minimum absolute atomic E-state index is 1.12. The van der Waals surface area contributed by atoms with Crippen LogP contribution in [-0.4, -0.2) is 4.57 Å². The molecule has 2 nitrogen and oxygen atoms in total. The topological polar surface area (TPSA) is 8.17 Å². The standard InChI is InChI=1S/C58H40N2/c1-4-16-41(17-5-1)47-36-48(54-28-15-19-44-18-10-11-26-53(44)54)39-52(38-47)60-57-29-13-12-27-55(57)56-40-46(34-35-58(56)60)43-32-30-42(31-33-43)45-20-14-25-51(37-45)59(49-21-6-2-7-22-49)50-23-8-3-9-24-50/h1-40H. The Kier molecular flexibility index (Phi) is 8.87. The highest BCUT2D eigenvalue weighted by Crippen LogP contribution is 2.40. The normalized spacial score (nSPS) is 11.3. The quantitative estimate of drug-likeness (QED) is 0.150. The van der Waals surface area contributed by atoms with Crippen LogP contribution in [0.15, 0.2) is 243 Å². The zero-order valence-corrected chi connectivity index (χ0v) is 33.0. The lowest BCUT2D eigenvalue weighted by atomic mass is 9.94. The molecule has 0 saturated heterocycles. The van der Waals surface area contributed by atoms with Gasteiger partial charge in [-0.25, -0.2) is 0 Å². The van der Waals surface area contributed by atoms with Crippen molar-refractivity contribution in [3.05, 3.63) is 243 Å². The number of rotatable bonds is 8. The van der Waals surface area contributed by atoms with Gasteiger partial charge < -0.3 is 9.47 Å². The Hall–Kier alpha value is -7.94. The number of para-hydroxylation sites is 3. The third kappa shape index (κ3) is 6.41. The van der Waals surface area contributed by atoms with Crippen molar-refractivity contribution in [3.8, 4) is 50.2 Å². The molecule has 11 rings (SSSR count). The molecule has 0 spiro atoms. The molecule has 0 saturated carbocycles. The van der Waals surface area contributed by atoms with Crippen molar-refractivity contribution in [1.29, 1.82) is 0 Å². The lowest BCUT2D eigenvalue weighted by Crippen LogP contribution is -2.09. The van der Waals surface area contributed by atoms with Crippen LogP contribution < -0.4 is 4.90 Å². The number of benzene rings is 10. The van der Waals surface area contributed by atoms with Crippen LogP contribution in [0.1, 0.15) is 0 Å². The van der Waals surface area contributed by atoms with Crippen LogP contribution in [0.2, 0.25) is 0 Å². The Labute approximate surface area is 350 Å². The predicted octanol–water partition coefficient (Wildman–Crippen LogP) is 16.1. The second kappa shape index (κ2) is 15.1. The van der Waals surface area contributed by atoms with Crippen LogP contribution >= 0.6 is 0 Å². The Morgan fingerprint density at radius 3 is 1.50 bits per heavy atom. The van der Waals surface area contributed by atoms with Gasteiger partial charge in [0.1, 0.15) is 0 Å². The summed E-state index contributed by atoms with van der Waals surface area (Å²) in [6.07, 6.45) is 0. The third-order valence-corrected chi connectivity index (χ3v) is 11.7. The summed E-state index contributed by atoms with van der Waals surface area (Å²) in [5, 5.41) is 4.97. The molecular weight excluding hydrogens is 725 g/mol. The van der Waals surface area contributed by atoms with Crippen molar-refractivity contribution in [2.24, 2.45) is 0 Å². The van der Waals surface area contributed by atoms with E-state index in [1.807, 2.05) is 0 Å². The second-order valence-electron chi connectivity index (χ2n) is 15.4. The van der Waals surface area contributed by atoms with Crippen molar-refractivity contribution >= 4 is 49.6 Å². The molecule has 0 fully saturated rings. The Bertz CT molecular complexity index is 3250. The predicted molar refractivity (Wildman–Crippen MR) is 255 cm³/mol. The summed E-state index contributed by atoms with van der Waals surface area (Å²) in [5.41, 5.74) is 16.4. The molecule has 0 N–H and O–H groups in total. The number of nitrogens with zero attached hydrogens (tertiary/aromatic N) is 2. The van der Waals surface area contributed by atoms with Gasteiger partial charge in [0.15, 0.2) is 0 Å². The van der Waals surface area contributed by atoms with E-state index in [1.54, 1.807) is 0 Å². The molecule has 0 amide bonds. The molecule has 1 aromatic heterocycles. The molecule has 11 aromatic rings. The molecule has 0 radical (unpaired) electrons. The Balaban J connectivity index is 0.992. The lowest BCUT2D eigenvalue weighted by molar-refractivity contribution is 1.18. The van der Waals surface area contributed by atoms with E-state index in [1.165, 1.54) is 77.1 Å². The minimum Gasteiger partial charge on any atom is -0.310 e. The van der Waals surface area contributed by atoms with E-state index < -0.39 is 0 Å². The first-order chi connectivity index (χ1) is 29.7. The van der Waals surface area contributed by atoms with E-state index >= 15 is 0 Å². The van der Waals surface area contributed by atoms with Crippen LogP contribution in [-0.2, 0) is 0 Å². The highest BCUT2D eigenvalue weighted by Gasteiger charge is 2.17. The van der Waals surface area contributed by atoms with Crippen LogP contribution in [0.25, 0.3) is 82.8 Å². The summed E-state index contributed by atoms with van der Waals surface area (Å²) in [7, 11) is 0. The summed E-state index contributed by atoms with van der Waals surface area (Å²) in [5.74, 6) is 0. The van der Waals surface area contributed by atoms with Gasteiger partial charge in [0.2, 0.25) is 0 Å². The molecule has 60 heavy (non-hydrogen) atoms. The number of hydrogen-bond donors (Lipinski definition) is 0. The van der Waals surface area contributed by atoms with Crippen molar-refractivity contribution in [1.82, 2.24) is 4.57 Å². The van der Waals surface area contributed by atoms with Crippen LogP contribution in [0.5, 0.6) is 0 Å². The highest BCUT2D eigenvalue weighted by molar-refractivity contribution is 6.11. The fraction of sp³-hybridized carbons (Fsp3) is 0. The first-order valence-corrected chi connectivity index (χ1v) is 20.6. The molecule has 0 aliphatic heterocycles. The summed E-state index contributed by atoms with van der Waals surface area (Å²) in [6, 6.07) is 87.8. The maximum Gasteiger partial charge on any atom is 0.0541 e. The van der Waals surface area contributed by atoms with Crippen molar-refractivity contribution in [2.45, 2.75) is 0 Å². The molecule has 282 valence electrons. The number of aromatic nitrogens is 1. The van der Waals surface area contributed by atoms with Gasteiger partial charge in [-0.15, -0.1) is 0 Å². The number of fused-ring (bicyclic) bond motifs is 4. The van der Waals surface area contributed by atoms with E-state index in [9.17, 15) is 0 Å². The largest absolute Gasteiger partial charge is 0.310 e. The highest BCUT2D eigenvalue weighted by atomic mass is 15.1. The number of anilines is 3. The first kappa shape index (κ1) is 35.2.